The van der Waals surface area contributed by atoms with Crippen LogP contribution < -0.4 is 11.2 Å². The molecule has 0 atom stereocenters. The molecular formula is C12H16N2O3. The Balaban J connectivity index is 2.45. The molecule has 1 aromatic carbocycles. The zero-order valence-electron chi connectivity index (χ0n) is 9.95. The first-order valence-corrected chi connectivity index (χ1v) is 5.24. The average molecular weight is 236 g/mol. The van der Waals surface area contributed by atoms with Crippen LogP contribution in [-0.4, -0.2) is 18.4 Å². The van der Waals surface area contributed by atoms with Crippen molar-refractivity contribution in [2.45, 2.75) is 20.3 Å². The number of hydroxylamine groups is 1. The van der Waals surface area contributed by atoms with E-state index in [2.05, 4.69) is 10.3 Å². The van der Waals surface area contributed by atoms with Crippen LogP contribution in [0, 0.1) is 13.8 Å². The minimum atomic E-state index is -0.628. The lowest BCUT2D eigenvalue weighted by Crippen LogP contribution is -2.30. The van der Waals surface area contributed by atoms with Gasteiger partial charge in [-0.3, -0.25) is 14.4 Å². The monoisotopic (exact) mass is 236 g/mol. The fraction of sp³-hybridized carbons (Fsp3) is 0.333. The maximum atomic E-state index is 11.4. The lowest BCUT2D eigenvalue weighted by atomic mass is 10.0. The number of carbonyl (C=O) groups is 2. The zero-order valence-corrected chi connectivity index (χ0v) is 9.95. The van der Waals surface area contributed by atoms with E-state index < -0.39 is 5.91 Å². The summed E-state index contributed by atoms with van der Waals surface area (Å²) in [5.74, 6) is -0.939. The molecule has 0 saturated carbocycles. The summed E-state index contributed by atoms with van der Waals surface area (Å²) in [6.07, 6.45) is 0.208. The summed E-state index contributed by atoms with van der Waals surface area (Å²) >= 11 is 0. The van der Waals surface area contributed by atoms with E-state index in [-0.39, 0.29) is 18.9 Å². The average Bonchev–Trinajstić information content (AvgIpc) is 2.23. The third kappa shape index (κ3) is 4.65. The second kappa shape index (κ2) is 6.00. The first-order chi connectivity index (χ1) is 7.99. The number of amides is 2. The molecule has 0 aliphatic carbocycles. The molecule has 0 saturated heterocycles. The van der Waals surface area contributed by atoms with Crippen molar-refractivity contribution in [3.05, 3.63) is 34.9 Å². The highest BCUT2D eigenvalue weighted by atomic mass is 16.7. The number of carbonyl (C=O) groups excluding carboxylic acids is 2. The second-order valence-corrected chi connectivity index (χ2v) is 3.88. The van der Waals surface area contributed by atoms with E-state index in [4.69, 9.17) is 5.73 Å². The first-order valence-electron chi connectivity index (χ1n) is 5.24. The summed E-state index contributed by atoms with van der Waals surface area (Å²) in [5, 5.41) is 0. The van der Waals surface area contributed by atoms with Gasteiger partial charge in [0.05, 0.1) is 6.42 Å². The van der Waals surface area contributed by atoms with Gasteiger partial charge in [-0.25, -0.2) is 5.48 Å². The number of hydrogen-bond donors (Lipinski definition) is 2. The summed E-state index contributed by atoms with van der Waals surface area (Å²) < 4.78 is 0. The highest BCUT2D eigenvalue weighted by molar-refractivity contribution is 5.78. The molecule has 0 radical (unpaired) electrons. The van der Waals surface area contributed by atoms with E-state index in [0.717, 1.165) is 11.1 Å². The Labute approximate surface area is 99.9 Å². The molecule has 0 aromatic heterocycles. The van der Waals surface area contributed by atoms with Crippen LogP contribution in [0.3, 0.4) is 0 Å². The molecule has 0 fully saturated rings. The standard InChI is InChI=1S/C12H16N2O3/c1-8-3-4-10(5-9(8)2)6-12(16)14-17-7-11(13)15/h3-5H,6-7H2,1-2H3,(H2,13,15)(H,14,16). The third-order valence-electron chi connectivity index (χ3n) is 2.34. The molecule has 0 unspecified atom stereocenters. The van der Waals surface area contributed by atoms with Crippen molar-refractivity contribution in [3.63, 3.8) is 0 Å². The number of rotatable bonds is 5. The molecule has 0 spiro atoms. The lowest BCUT2D eigenvalue weighted by molar-refractivity contribution is -0.137. The van der Waals surface area contributed by atoms with Gasteiger partial charge in [0.15, 0.2) is 6.61 Å². The summed E-state index contributed by atoms with van der Waals surface area (Å²) in [6, 6.07) is 5.79. The largest absolute Gasteiger partial charge is 0.368 e. The molecular weight excluding hydrogens is 220 g/mol. The van der Waals surface area contributed by atoms with Crippen molar-refractivity contribution in [2.75, 3.05) is 6.61 Å². The van der Waals surface area contributed by atoms with Gasteiger partial charge in [-0.05, 0) is 30.5 Å². The third-order valence-corrected chi connectivity index (χ3v) is 2.34. The normalized spacial score (nSPS) is 10.0. The van der Waals surface area contributed by atoms with Crippen molar-refractivity contribution in [1.29, 1.82) is 0 Å². The highest BCUT2D eigenvalue weighted by Gasteiger charge is 2.05. The predicted molar refractivity (Wildman–Crippen MR) is 62.9 cm³/mol. The molecule has 5 heteroatoms. The van der Waals surface area contributed by atoms with Crippen molar-refractivity contribution >= 4 is 11.8 Å². The molecule has 1 aromatic rings. The number of aryl methyl sites for hydroxylation is 2. The van der Waals surface area contributed by atoms with Crippen molar-refractivity contribution in [1.82, 2.24) is 5.48 Å². The van der Waals surface area contributed by atoms with E-state index in [1.807, 2.05) is 32.0 Å². The van der Waals surface area contributed by atoms with Crippen LogP contribution in [0.5, 0.6) is 0 Å². The van der Waals surface area contributed by atoms with Gasteiger partial charge in [-0.15, -0.1) is 0 Å². The van der Waals surface area contributed by atoms with Crippen LogP contribution in [0.15, 0.2) is 18.2 Å². The van der Waals surface area contributed by atoms with Gasteiger partial charge in [0.2, 0.25) is 11.8 Å². The number of benzene rings is 1. The molecule has 92 valence electrons. The molecule has 0 aliphatic rings. The Bertz CT molecular complexity index is 430. The molecule has 2 amide bonds. The highest BCUT2D eigenvalue weighted by Crippen LogP contribution is 2.10. The quantitative estimate of drug-likeness (QED) is 0.725. The van der Waals surface area contributed by atoms with Crippen molar-refractivity contribution < 1.29 is 14.4 Å². The van der Waals surface area contributed by atoms with Crippen LogP contribution in [0.25, 0.3) is 0 Å². The molecule has 0 bridgehead atoms. The summed E-state index contributed by atoms with van der Waals surface area (Å²) in [5.41, 5.74) is 10.2. The van der Waals surface area contributed by atoms with Gasteiger partial charge >= 0.3 is 0 Å². The number of hydrogen-bond acceptors (Lipinski definition) is 3. The number of nitrogens with one attached hydrogen (secondary N) is 1. The van der Waals surface area contributed by atoms with Gasteiger partial charge in [0.1, 0.15) is 0 Å². The Morgan fingerprint density at radius 2 is 2.00 bits per heavy atom. The lowest BCUT2D eigenvalue weighted by Gasteiger charge is -2.06. The SMILES string of the molecule is Cc1ccc(CC(=O)NOCC(N)=O)cc1C. The minimum Gasteiger partial charge on any atom is -0.368 e. The van der Waals surface area contributed by atoms with Gasteiger partial charge in [-0.1, -0.05) is 18.2 Å². The predicted octanol–water partition coefficient (Wildman–Crippen LogP) is 0.379. The fourth-order valence-electron chi connectivity index (χ4n) is 1.32. The molecule has 5 nitrogen and oxygen atoms in total. The van der Waals surface area contributed by atoms with Crippen molar-refractivity contribution in [3.8, 4) is 0 Å². The summed E-state index contributed by atoms with van der Waals surface area (Å²) in [7, 11) is 0. The van der Waals surface area contributed by atoms with Gasteiger partial charge in [-0.2, -0.15) is 0 Å². The molecule has 3 N–H and O–H groups in total. The Kier molecular flexibility index (Phi) is 4.66. The topological polar surface area (TPSA) is 81.4 Å². The minimum absolute atomic E-state index is 0.208. The Hall–Kier alpha value is -1.88. The van der Waals surface area contributed by atoms with E-state index in [1.165, 1.54) is 5.56 Å². The first kappa shape index (κ1) is 13.2. The smallest absolute Gasteiger partial charge is 0.247 e. The molecule has 0 heterocycles. The Morgan fingerprint density at radius 1 is 1.29 bits per heavy atom. The molecule has 0 aliphatic heterocycles. The van der Waals surface area contributed by atoms with E-state index >= 15 is 0 Å². The van der Waals surface area contributed by atoms with Crippen LogP contribution in [0.4, 0.5) is 0 Å². The van der Waals surface area contributed by atoms with Crippen LogP contribution in [0.1, 0.15) is 16.7 Å². The van der Waals surface area contributed by atoms with Crippen LogP contribution in [0.2, 0.25) is 0 Å². The zero-order chi connectivity index (χ0) is 12.8. The summed E-state index contributed by atoms with van der Waals surface area (Å²) in [4.78, 5) is 26.4. The van der Waals surface area contributed by atoms with Gasteiger partial charge in [0, 0.05) is 0 Å². The Morgan fingerprint density at radius 3 is 2.59 bits per heavy atom. The molecule has 17 heavy (non-hydrogen) atoms. The number of primary amides is 1. The van der Waals surface area contributed by atoms with Gasteiger partial charge < -0.3 is 5.73 Å². The van der Waals surface area contributed by atoms with Gasteiger partial charge in [0.25, 0.3) is 0 Å². The van der Waals surface area contributed by atoms with Crippen LogP contribution in [-0.2, 0) is 20.8 Å². The second-order valence-electron chi connectivity index (χ2n) is 3.88. The summed E-state index contributed by atoms with van der Waals surface area (Å²) in [6.45, 7) is 3.67. The van der Waals surface area contributed by atoms with Crippen molar-refractivity contribution in [2.24, 2.45) is 5.73 Å². The maximum Gasteiger partial charge on any atom is 0.247 e. The molecule has 1 rings (SSSR count). The van der Waals surface area contributed by atoms with E-state index in [1.54, 1.807) is 0 Å². The maximum absolute atomic E-state index is 11.4. The number of nitrogens with two attached hydrogens (primary N) is 1. The fourth-order valence-corrected chi connectivity index (χ4v) is 1.32. The van der Waals surface area contributed by atoms with E-state index in [9.17, 15) is 9.59 Å². The van der Waals surface area contributed by atoms with E-state index in [0.29, 0.717) is 0 Å². The van der Waals surface area contributed by atoms with Crippen LogP contribution >= 0.6 is 0 Å².